The number of anilines is 2. The maximum absolute atomic E-state index is 6.05. The zero-order chi connectivity index (χ0) is 16.1. The van der Waals surface area contributed by atoms with E-state index in [1.807, 2.05) is 12.3 Å². The fourth-order valence-electron chi connectivity index (χ4n) is 5.43. The number of hydrogen-bond donors (Lipinski definition) is 2. The number of hydrogen-bond acceptors (Lipinski definition) is 4. The van der Waals surface area contributed by atoms with Crippen LogP contribution in [0.3, 0.4) is 0 Å². The molecule has 2 aliphatic carbocycles. The van der Waals surface area contributed by atoms with Gasteiger partial charge in [-0.25, -0.2) is 0 Å². The SMILES string of the molecule is Nc1cnccc1NC1CC2N(Cc3ccccc3)C3CCC32C1. The van der Waals surface area contributed by atoms with Gasteiger partial charge in [0.05, 0.1) is 17.6 Å². The van der Waals surface area contributed by atoms with Crippen molar-refractivity contribution in [3.05, 3.63) is 54.4 Å². The summed E-state index contributed by atoms with van der Waals surface area (Å²) < 4.78 is 0. The summed E-state index contributed by atoms with van der Waals surface area (Å²) in [6.45, 7) is 1.10. The lowest BCUT2D eigenvalue weighted by Crippen LogP contribution is -2.74. The molecule has 1 saturated heterocycles. The van der Waals surface area contributed by atoms with Gasteiger partial charge in [-0.15, -0.1) is 0 Å². The second-order valence-electron chi connectivity index (χ2n) is 7.71. The minimum absolute atomic E-state index is 0.531. The summed E-state index contributed by atoms with van der Waals surface area (Å²) in [5.74, 6) is 0. The molecule has 5 rings (SSSR count). The van der Waals surface area contributed by atoms with Crippen LogP contribution in [-0.4, -0.2) is 28.0 Å². The molecule has 124 valence electrons. The summed E-state index contributed by atoms with van der Waals surface area (Å²) in [5.41, 5.74) is 9.86. The maximum atomic E-state index is 6.05. The molecule has 4 atom stereocenters. The van der Waals surface area contributed by atoms with Crippen molar-refractivity contribution in [3.8, 4) is 0 Å². The number of nitrogens with two attached hydrogens (primary N) is 1. The summed E-state index contributed by atoms with van der Waals surface area (Å²) in [6, 6.07) is 14.9. The van der Waals surface area contributed by atoms with Crippen molar-refractivity contribution in [1.29, 1.82) is 0 Å². The molecule has 3 fully saturated rings. The largest absolute Gasteiger partial charge is 0.396 e. The van der Waals surface area contributed by atoms with E-state index >= 15 is 0 Å². The molecule has 4 nitrogen and oxygen atoms in total. The predicted molar refractivity (Wildman–Crippen MR) is 96.5 cm³/mol. The first-order valence-electron chi connectivity index (χ1n) is 9.02. The van der Waals surface area contributed by atoms with Gasteiger partial charge in [0, 0.05) is 36.3 Å². The highest BCUT2D eigenvalue weighted by atomic mass is 15.3. The molecule has 0 amide bonds. The molecule has 0 bridgehead atoms. The number of aromatic nitrogens is 1. The van der Waals surface area contributed by atoms with Crippen LogP contribution < -0.4 is 11.1 Å². The molecule has 2 saturated carbocycles. The molecule has 1 aromatic heterocycles. The molecule has 0 radical (unpaired) electrons. The molecule has 2 heterocycles. The Morgan fingerprint density at radius 3 is 2.83 bits per heavy atom. The topological polar surface area (TPSA) is 54.2 Å². The van der Waals surface area contributed by atoms with Crippen molar-refractivity contribution >= 4 is 11.4 Å². The van der Waals surface area contributed by atoms with Gasteiger partial charge in [0.1, 0.15) is 0 Å². The van der Waals surface area contributed by atoms with Gasteiger partial charge >= 0.3 is 0 Å². The van der Waals surface area contributed by atoms with Crippen molar-refractivity contribution in [1.82, 2.24) is 9.88 Å². The highest BCUT2D eigenvalue weighted by Crippen LogP contribution is 2.65. The van der Waals surface area contributed by atoms with Gasteiger partial charge < -0.3 is 11.1 Å². The smallest absolute Gasteiger partial charge is 0.0736 e. The Labute approximate surface area is 143 Å². The molecule has 2 aromatic rings. The third kappa shape index (κ3) is 1.99. The Kier molecular flexibility index (Phi) is 3.10. The second kappa shape index (κ2) is 5.21. The van der Waals surface area contributed by atoms with Crippen molar-refractivity contribution < 1.29 is 0 Å². The van der Waals surface area contributed by atoms with E-state index in [1.54, 1.807) is 6.20 Å². The van der Waals surface area contributed by atoms with E-state index in [1.165, 1.54) is 31.2 Å². The first-order chi connectivity index (χ1) is 11.8. The van der Waals surface area contributed by atoms with Crippen molar-refractivity contribution in [2.75, 3.05) is 11.1 Å². The van der Waals surface area contributed by atoms with Crippen LogP contribution in [0.15, 0.2) is 48.8 Å². The van der Waals surface area contributed by atoms with E-state index in [0.29, 0.717) is 11.5 Å². The summed E-state index contributed by atoms with van der Waals surface area (Å²) in [5, 5.41) is 3.68. The van der Waals surface area contributed by atoms with Gasteiger partial charge in [0.15, 0.2) is 0 Å². The average Bonchev–Trinajstić information content (AvgIpc) is 2.96. The number of nitrogens with zero attached hydrogens (tertiary/aromatic N) is 2. The Morgan fingerprint density at radius 1 is 1.21 bits per heavy atom. The lowest BCUT2D eigenvalue weighted by Gasteiger charge is -2.68. The second-order valence-corrected chi connectivity index (χ2v) is 7.71. The molecule has 1 aliphatic heterocycles. The average molecular weight is 320 g/mol. The minimum atomic E-state index is 0.531. The fraction of sp³-hybridized carbons (Fsp3) is 0.450. The van der Waals surface area contributed by atoms with Crippen molar-refractivity contribution in [3.63, 3.8) is 0 Å². The van der Waals surface area contributed by atoms with Gasteiger partial charge in [-0.3, -0.25) is 9.88 Å². The Hall–Kier alpha value is -2.07. The number of pyridine rings is 1. The summed E-state index contributed by atoms with van der Waals surface area (Å²) in [6.07, 6.45) is 8.83. The maximum Gasteiger partial charge on any atom is 0.0736 e. The van der Waals surface area contributed by atoms with Gasteiger partial charge in [-0.1, -0.05) is 30.3 Å². The van der Waals surface area contributed by atoms with Gasteiger partial charge in [0.25, 0.3) is 0 Å². The summed E-state index contributed by atoms with van der Waals surface area (Å²) in [4.78, 5) is 6.83. The molecule has 3 aliphatic rings. The molecule has 4 heteroatoms. The number of benzene rings is 1. The van der Waals surface area contributed by atoms with Crippen LogP contribution in [0.2, 0.25) is 0 Å². The predicted octanol–water partition coefficient (Wildman–Crippen LogP) is 3.27. The van der Waals surface area contributed by atoms with Crippen LogP contribution in [0.4, 0.5) is 11.4 Å². The van der Waals surface area contributed by atoms with E-state index in [9.17, 15) is 0 Å². The zero-order valence-electron chi connectivity index (χ0n) is 13.9. The first kappa shape index (κ1) is 14.3. The molecule has 24 heavy (non-hydrogen) atoms. The third-order valence-electron chi connectivity index (χ3n) is 6.56. The van der Waals surface area contributed by atoms with Crippen LogP contribution in [0, 0.1) is 5.41 Å². The highest BCUT2D eigenvalue weighted by molar-refractivity contribution is 5.64. The zero-order valence-corrected chi connectivity index (χ0v) is 13.9. The Bertz CT molecular complexity index is 746. The highest BCUT2D eigenvalue weighted by Gasteiger charge is 2.68. The fourth-order valence-corrected chi connectivity index (χ4v) is 5.43. The monoisotopic (exact) mass is 320 g/mol. The van der Waals surface area contributed by atoms with E-state index < -0.39 is 0 Å². The normalized spacial score (nSPS) is 33.9. The van der Waals surface area contributed by atoms with Gasteiger partial charge in [-0.05, 0) is 37.3 Å². The van der Waals surface area contributed by atoms with Crippen molar-refractivity contribution in [2.24, 2.45) is 5.41 Å². The van der Waals surface area contributed by atoms with Gasteiger partial charge in [0.2, 0.25) is 0 Å². The number of rotatable bonds is 4. The number of nitrogen functional groups attached to an aromatic ring is 1. The van der Waals surface area contributed by atoms with E-state index in [2.05, 4.69) is 45.5 Å². The molecular weight excluding hydrogens is 296 g/mol. The Morgan fingerprint density at radius 2 is 2.08 bits per heavy atom. The van der Waals surface area contributed by atoms with Crippen molar-refractivity contribution in [2.45, 2.75) is 50.4 Å². The molecule has 1 aromatic carbocycles. The van der Waals surface area contributed by atoms with Crippen LogP contribution in [0.25, 0.3) is 0 Å². The number of nitrogens with one attached hydrogen (secondary N) is 1. The third-order valence-corrected chi connectivity index (χ3v) is 6.56. The number of likely N-dealkylation sites (tertiary alicyclic amines) is 1. The van der Waals surface area contributed by atoms with Crippen LogP contribution in [0.1, 0.15) is 31.2 Å². The molecular formula is C20H24N4. The van der Waals surface area contributed by atoms with Crippen LogP contribution in [0.5, 0.6) is 0 Å². The lowest BCUT2D eigenvalue weighted by atomic mass is 9.53. The van der Waals surface area contributed by atoms with Crippen LogP contribution >= 0.6 is 0 Å². The molecule has 1 spiro atoms. The molecule has 3 N–H and O–H groups in total. The summed E-state index contributed by atoms with van der Waals surface area (Å²) >= 11 is 0. The summed E-state index contributed by atoms with van der Waals surface area (Å²) in [7, 11) is 0. The number of piperidine rings is 1. The molecule has 4 unspecified atom stereocenters. The van der Waals surface area contributed by atoms with E-state index in [4.69, 9.17) is 5.73 Å². The van der Waals surface area contributed by atoms with E-state index in [-0.39, 0.29) is 0 Å². The first-order valence-corrected chi connectivity index (χ1v) is 9.02. The minimum Gasteiger partial charge on any atom is -0.396 e. The quantitative estimate of drug-likeness (QED) is 0.908. The lowest BCUT2D eigenvalue weighted by molar-refractivity contribution is -0.193. The van der Waals surface area contributed by atoms with Gasteiger partial charge in [-0.2, -0.15) is 0 Å². The van der Waals surface area contributed by atoms with Crippen LogP contribution in [-0.2, 0) is 6.54 Å². The Balaban J connectivity index is 1.31. The standard InChI is InChI=1S/C20H24N4/c21-16-12-22-9-7-17(16)23-15-10-19-20(11-15)8-6-18(20)24(19)13-14-4-2-1-3-5-14/h1-5,7,9,12,15,18-19H,6,8,10-11,13,21H2,(H,22,23). The van der Waals surface area contributed by atoms with E-state index in [0.717, 1.165) is 30.0 Å².